The number of carbonyl (C=O) groups is 1. The molecule has 0 spiro atoms. The number of esters is 1. The fraction of sp³-hybridized carbons (Fsp3) is 0.211. The minimum Gasteiger partial charge on any atom is -0.469 e. The molecule has 108 valence electrons. The Morgan fingerprint density at radius 3 is 2.14 bits per heavy atom. The maximum atomic E-state index is 11.9. The Labute approximate surface area is 126 Å². The van der Waals surface area contributed by atoms with Gasteiger partial charge in [-0.25, -0.2) is 0 Å². The molecule has 2 heteroatoms. The van der Waals surface area contributed by atoms with Crippen LogP contribution in [0, 0.1) is 5.92 Å². The van der Waals surface area contributed by atoms with Crippen molar-refractivity contribution in [1.82, 2.24) is 0 Å². The third kappa shape index (κ3) is 4.06. The van der Waals surface area contributed by atoms with Gasteiger partial charge in [0.25, 0.3) is 0 Å². The van der Waals surface area contributed by atoms with Crippen LogP contribution in [-0.4, -0.2) is 13.1 Å². The molecule has 0 aliphatic rings. The maximum Gasteiger partial charge on any atom is 0.309 e. The molecule has 2 atom stereocenters. The van der Waals surface area contributed by atoms with E-state index in [4.69, 9.17) is 4.74 Å². The number of benzene rings is 2. The van der Waals surface area contributed by atoms with Crippen LogP contribution in [0.3, 0.4) is 0 Å². The highest BCUT2D eigenvalue weighted by atomic mass is 16.5. The minimum atomic E-state index is -0.225. The Morgan fingerprint density at radius 2 is 1.57 bits per heavy atom. The van der Waals surface area contributed by atoms with E-state index in [1.807, 2.05) is 67.6 Å². The average Bonchev–Trinajstić information content (AvgIpc) is 2.56. The Morgan fingerprint density at radius 1 is 1.00 bits per heavy atom. The number of hydrogen-bond donors (Lipinski definition) is 0. The maximum absolute atomic E-state index is 11.9. The summed E-state index contributed by atoms with van der Waals surface area (Å²) >= 11 is 0. The largest absolute Gasteiger partial charge is 0.469 e. The summed E-state index contributed by atoms with van der Waals surface area (Å²) in [6.45, 7) is 1.90. The molecular formula is C19H20O2. The molecule has 0 aromatic heterocycles. The van der Waals surface area contributed by atoms with Crippen molar-refractivity contribution in [3.05, 3.63) is 77.9 Å². The minimum absolute atomic E-state index is 0.00106. The fourth-order valence-corrected chi connectivity index (χ4v) is 2.35. The summed E-state index contributed by atoms with van der Waals surface area (Å²) in [6.07, 6.45) is 4.13. The fourth-order valence-electron chi connectivity index (χ4n) is 2.35. The first-order valence-corrected chi connectivity index (χ1v) is 7.08. The second kappa shape index (κ2) is 7.44. The zero-order chi connectivity index (χ0) is 15.1. The Kier molecular flexibility index (Phi) is 5.33. The SMILES string of the molecule is COC(=O)C(C)C(/C=C/c1ccccc1)c1ccccc1. The van der Waals surface area contributed by atoms with Gasteiger partial charge in [-0.2, -0.15) is 0 Å². The van der Waals surface area contributed by atoms with Crippen LogP contribution in [-0.2, 0) is 9.53 Å². The summed E-state index contributed by atoms with van der Waals surface area (Å²) in [5, 5.41) is 0. The second-order valence-corrected chi connectivity index (χ2v) is 5.02. The van der Waals surface area contributed by atoms with E-state index in [0.29, 0.717) is 0 Å². The van der Waals surface area contributed by atoms with E-state index in [1.54, 1.807) is 0 Å². The Bertz CT molecular complexity index is 587. The molecule has 0 fully saturated rings. The predicted octanol–water partition coefficient (Wildman–Crippen LogP) is 4.29. The van der Waals surface area contributed by atoms with Crippen LogP contribution in [0.25, 0.3) is 6.08 Å². The second-order valence-electron chi connectivity index (χ2n) is 5.02. The van der Waals surface area contributed by atoms with Gasteiger partial charge in [0.15, 0.2) is 0 Å². The monoisotopic (exact) mass is 280 g/mol. The van der Waals surface area contributed by atoms with Crippen molar-refractivity contribution in [3.8, 4) is 0 Å². The van der Waals surface area contributed by atoms with Gasteiger partial charge < -0.3 is 4.74 Å². The first-order valence-electron chi connectivity index (χ1n) is 7.08. The molecule has 0 bridgehead atoms. The molecule has 0 radical (unpaired) electrons. The summed E-state index contributed by atoms with van der Waals surface area (Å²) in [4.78, 5) is 11.9. The van der Waals surface area contributed by atoms with Crippen molar-refractivity contribution in [2.24, 2.45) is 5.92 Å². The van der Waals surface area contributed by atoms with Gasteiger partial charge in [-0.3, -0.25) is 4.79 Å². The number of methoxy groups -OCH3 is 1. The van der Waals surface area contributed by atoms with Gasteiger partial charge in [0, 0.05) is 5.92 Å². The molecule has 2 unspecified atom stereocenters. The van der Waals surface area contributed by atoms with E-state index < -0.39 is 0 Å². The van der Waals surface area contributed by atoms with E-state index in [0.717, 1.165) is 11.1 Å². The van der Waals surface area contributed by atoms with Crippen LogP contribution in [0.5, 0.6) is 0 Å². The van der Waals surface area contributed by atoms with Crippen molar-refractivity contribution >= 4 is 12.0 Å². The number of ether oxygens (including phenoxy) is 1. The average molecular weight is 280 g/mol. The van der Waals surface area contributed by atoms with Crippen LogP contribution in [0.2, 0.25) is 0 Å². The van der Waals surface area contributed by atoms with Crippen molar-refractivity contribution in [2.75, 3.05) is 7.11 Å². The topological polar surface area (TPSA) is 26.3 Å². The quantitative estimate of drug-likeness (QED) is 0.764. The van der Waals surface area contributed by atoms with E-state index >= 15 is 0 Å². The summed E-state index contributed by atoms with van der Waals surface area (Å²) in [5.74, 6) is -0.419. The lowest BCUT2D eigenvalue weighted by atomic mass is 9.86. The third-order valence-corrected chi connectivity index (χ3v) is 3.59. The van der Waals surface area contributed by atoms with Crippen molar-refractivity contribution in [1.29, 1.82) is 0 Å². The molecule has 0 amide bonds. The van der Waals surface area contributed by atoms with E-state index in [1.165, 1.54) is 7.11 Å². The van der Waals surface area contributed by atoms with Gasteiger partial charge in [-0.05, 0) is 11.1 Å². The van der Waals surface area contributed by atoms with Gasteiger partial charge in [0.05, 0.1) is 13.0 Å². The summed E-state index contributed by atoms with van der Waals surface area (Å²) in [5.41, 5.74) is 2.23. The summed E-state index contributed by atoms with van der Waals surface area (Å²) in [6, 6.07) is 20.1. The number of allylic oxidation sites excluding steroid dienone is 1. The first kappa shape index (κ1) is 15.0. The van der Waals surface area contributed by atoms with E-state index in [-0.39, 0.29) is 17.8 Å². The number of rotatable bonds is 5. The first-order chi connectivity index (χ1) is 10.2. The molecule has 2 rings (SSSR count). The summed E-state index contributed by atoms with van der Waals surface area (Å²) in [7, 11) is 1.43. The van der Waals surface area contributed by atoms with Crippen LogP contribution in [0.15, 0.2) is 66.7 Å². The van der Waals surface area contributed by atoms with Gasteiger partial charge in [-0.1, -0.05) is 79.7 Å². The van der Waals surface area contributed by atoms with E-state index in [9.17, 15) is 4.79 Å². The van der Waals surface area contributed by atoms with Crippen LogP contribution in [0.4, 0.5) is 0 Å². The Balaban J connectivity index is 2.28. The molecular weight excluding hydrogens is 260 g/mol. The molecule has 0 saturated heterocycles. The highest BCUT2D eigenvalue weighted by Gasteiger charge is 2.23. The molecule has 0 aliphatic carbocycles. The zero-order valence-corrected chi connectivity index (χ0v) is 12.4. The molecule has 2 aromatic rings. The summed E-state index contributed by atoms with van der Waals surface area (Å²) < 4.78 is 4.89. The standard InChI is InChI=1S/C19H20O2/c1-15(19(20)21-2)18(17-11-7-4-8-12-17)14-13-16-9-5-3-6-10-16/h3-15,18H,1-2H3/b14-13+. The van der Waals surface area contributed by atoms with Crippen molar-refractivity contribution < 1.29 is 9.53 Å². The molecule has 0 aliphatic heterocycles. The normalized spacial score (nSPS) is 13.8. The van der Waals surface area contributed by atoms with Crippen LogP contribution in [0.1, 0.15) is 24.0 Å². The van der Waals surface area contributed by atoms with E-state index in [2.05, 4.69) is 12.2 Å². The third-order valence-electron chi connectivity index (χ3n) is 3.59. The lowest BCUT2D eigenvalue weighted by molar-refractivity contribution is -0.145. The van der Waals surface area contributed by atoms with Crippen molar-refractivity contribution in [3.63, 3.8) is 0 Å². The zero-order valence-electron chi connectivity index (χ0n) is 12.4. The molecule has 2 aromatic carbocycles. The lowest BCUT2D eigenvalue weighted by Crippen LogP contribution is -2.19. The molecule has 21 heavy (non-hydrogen) atoms. The van der Waals surface area contributed by atoms with Gasteiger partial charge >= 0.3 is 5.97 Å². The molecule has 0 heterocycles. The number of hydrogen-bond acceptors (Lipinski definition) is 2. The van der Waals surface area contributed by atoms with Gasteiger partial charge in [0.2, 0.25) is 0 Å². The predicted molar refractivity (Wildman–Crippen MR) is 85.8 cm³/mol. The molecule has 2 nitrogen and oxygen atoms in total. The molecule has 0 N–H and O–H groups in total. The van der Waals surface area contributed by atoms with Gasteiger partial charge in [0.1, 0.15) is 0 Å². The van der Waals surface area contributed by atoms with Crippen molar-refractivity contribution in [2.45, 2.75) is 12.8 Å². The highest BCUT2D eigenvalue weighted by molar-refractivity contribution is 5.74. The molecule has 0 saturated carbocycles. The highest BCUT2D eigenvalue weighted by Crippen LogP contribution is 2.27. The Hall–Kier alpha value is -2.35. The van der Waals surface area contributed by atoms with Crippen LogP contribution < -0.4 is 0 Å². The smallest absolute Gasteiger partial charge is 0.309 e. The van der Waals surface area contributed by atoms with Gasteiger partial charge in [-0.15, -0.1) is 0 Å². The number of carbonyl (C=O) groups excluding carboxylic acids is 1. The lowest BCUT2D eigenvalue weighted by Gasteiger charge is -2.19. The van der Waals surface area contributed by atoms with Crippen LogP contribution >= 0.6 is 0 Å².